The van der Waals surface area contributed by atoms with Gasteiger partial charge in [-0.3, -0.25) is 4.79 Å². The second kappa shape index (κ2) is 7.52. The van der Waals surface area contributed by atoms with Gasteiger partial charge in [-0.05, 0) is 25.9 Å². The van der Waals surface area contributed by atoms with E-state index in [0.717, 1.165) is 38.0 Å². The molecule has 0 bridgehead atoms. The number of halogens is 1. The number of piperidine rings is 1. The van der Waals surface area contributed by atoms with Crippen LogP contribution in [0.4, 0.5) is 0 Å². The van der Waals surface area contributed by atoms with Crippen molar-refractivity contribution in [3.8, 4) is 0 Å². The Bertz CT molecular complexity index is 361. The smallest absolute Gasteiger partial charge is 0.164 e. The van der Waals surface area contributed by atoms with Gasteiger partial charge in [0.05, 0.1) is 0 Å². The van der Waals surface area contributed by atoms with Gasteiger partial charge in [0, 0.05) is 24.6 Å². The van der Waals surface area contributed by atoms with E-state index in [1.54, 1.807) is 0 Å². The Hall–Kier alpha value is -0.900. The van der Waals surface area contributed by atoms with Crippen molar-refractivity contribution in [3.05, 3.63) is 35.9 Å². The number of carbonyl (C=O) groups is 1. The Kier molecular flexibility index (Phi) is 6.33. The Morgan fingerprint density at radius 2 is 1.83 bits per heavy atom. The zero-order chi connectivity index (χ0) is 12.1. The second-order valence-electron chi connectivity index (χ2n) is 4.72. The van der Waals surface area contributed by atoms with Crippen molar-refractivity contribution in [3.63, 3.8) is 0 Å². The number of ketones is 1. The molecular weight excluding hydrogens is 248 g/mol. The highest BCUT2D eigenvalue weighted by molar-refractivity contribution is 5.96. The van der Waals surface area contributed by atoms with Crippen molar-refractivity contribution in [2.45, 2.75) is 25.3 Å². The SMILES string of the molecule is Cl.NC1CCN(CCC(=O)c2ccccc2)CC1. The lowest BCUT2D eigenvalue weighted by Crippen LogP contribution is -2.40. The summed E-state index contributed by atoms with van der Waals surface area (Å²) in [6, 6.07) is 9.88. The molecule has 1 aromatic carbocycles. The van der Waals surface area contributed by atoms with E-state index in [1.165, 1.54) is 0 Å². The summed E-state index contributed by atoms with van der Waals surface area (Å²) in [5.41, 5.74) is 6.67. The van der Waals surface area contributed by atoms with Gasteiger partial charge in [0.25, 0.3) is 0 Å². The molecular formula is C14H21ClN2O. The Labute approximate surface area is 115 Å². The fourth-order valence-corrected chi connectivity index (χ4v) is 2.20. The van der Waals surface area contributed by atoms with Gasteiger partial charge < -0.3 is 10.6 Å². The Balaban J connectivity index is 0.00000162. The number of nitrogens with zero attached hydrogens (tertiary/aromatic N) is 1. The lowest BCUT2D eigenvalue weighted by molar-refractivity contribution is 0.0957. The predicted molar refractivity (Wildman–Crippen MR) is 76.3 cm³/mol. The van der Waals surface area contributed by atoms with Gasteiger partial charge in [-0.15, -0.1) is 12.4 Å². The zero-order valence-corrected chi connectivity index (χ0v) is 11.4. The van der Waals surface area contributed by atoms with Gasteiger partial charge in [-0.1, -0.05) is 30.3 Å². The first kappa shape index (κ1) is 15.2. The molecule has 18 heavy (non-hydrogen) atoms. The molecule has 0 saturated carbocycles. The van der Waals surface area contributed by atoms with Gasteiger partial charge >= 0.3 is 0 Å². The zero-order valence-electron chi connectivity index (χ0n) is 10.5. The van der Waals surface area contributed by atoms with E-state index in [-0.39, 0.29) is 18.2 Å². The van der Waals surface area contributed by atoms with Crippen molar-refractivity contribution in [2.24, 2.45) is 5.73 Å². The van der Waals surface area contributed by atoms with Gasteiger partial charge in [-0.2, -0.15) is 0 Å². The van der Waals surface area contributed by atoms with Crippen molar-refractivity contribution in [1.29, 1.82) is 0 Å². The first-order valence-electron chi connectivity index (χ1n) is 6.32. The van der Waals surface area contributed by atoms with E-state index in [4.69, 9.17) is 5.73 Å². The Morgan fingerprint density at radius 3 is 2.44 bits per heavy atom. The van der Waals surface area contributed by atoms with E-state index >= 15 is 0 Å². The third-order valence-corrected chi connectivity index (χ3v) is 3.38. The van der Waals surface area contributed by atoms with E-state index in [9.17, 15) is 4.79 Å². The summed E-state index contributed by atoms with van der Waals surface area (Å²) in [4.78, 5) is 14.2. The molecule has 1 fully saturated rings. The van der Waals surface area contributed by atoms with Gasteiger partial charge in [0.1, 0.15) is 0 Å². The topological polar surface area (TPSA) is 46.3 Å². The predicted octanol–water partition coefficient (Wildman–Crippen LogP) is 2.10. The summed E-state index contributed by atoms with van der Waals surface area (Å²) in [6.45, 7) is 2.92. The highest BCUT2D eigenvalue weighted by Crippen LogP contribution is 2.10. The molecule has 4 heteroatoms. The average Bonchev–Trinajstić information content (AvgIpc) is 2.39. The van der Waals surface area contributed by atoms with Crippen LogP contribution in [0.5, 0.6) is 0 Å². The van der Waals surface area contributed by atoms with E-state index in [1.807, 2.05) is 30.3 Å². The number of benzene rings is 1. The normalized spacial score (nSPS) is 17.2. The van der Waals surface area contributed by atoms with Gasteiger partial charge in [0.2, 0.25) is 0 Å². The monoisotopic (exact) mass is 268 g/mol. The van der Waals surface area contributed by atoms with E-state index in [2.05, 4.69) is 4.90 Å². The molecule has 3 nitrogen and oxygen atoms in total. The highest BCUT2D eigenvalue weighted by Gasteiger charge is 2.16. The van der Waals surface area contributed by atoms with Crippen LogP contribution in [0, 0.1) is 0 Å². The number of hydrogen-bond donors (Lipinski definition) is 1. The number of Topliss-reactive ketones (excluding diaryl/α,β-unsaturated/α-hetero) is 1. The maximum atomic E-state index is 11.9. The molecule has 100 valence electrons. The molecule has 2 rings (SSSR count). The van der Waals surface area contributed by atoms with Crippen molar-refractivity contribution in [1.82, 2.24) is 4.90 Å². The number of hydrogen-bond acceptors (Lipinski definition) is 3. The molecule has 1 aliphatic rings. The van der Waals surface area contributed by atoms with Crippen LogP contribution in [-0.4, -0.2) is 36.4 Å². The number of carbonyl (C=O) groups excluding carboxylic acids is 1. The van der Waals surface area contributed by atoms with Crippen molar-refractivity contribution in [2.75, 3.05) is 19.6 Å². The van der Waals surface area contributed by atoms with Crippen molar-refractivity contribution >= 4 is 18.2 Å². The fourth-order valence-electron chi connectivity index (χ4n) is 2.20. The summed E-state index contributed by atoms with van der Waals surface area (Å²) < 4.78 is 0. The summed E-state index contributed by atoms with van der Waals surface area (Å²) in [5.74, 6) is 0.237. The molecule has 0 amide bonds. The standard InChI is InChI=1S/C14H20N2O.ClH/c15-13-6-9-16(10-7-13)11-8-14(17)12-4-2-1-3-5-12;/h1-5,13H,6-11,15H2;1H. The molecule has 1 saturated heterocycles. The molecule has 1 aromatic rings. The summed E-state index contributed by atoms with van der Waals surface area (Å²) in [5, 5.41) is 0. The number of nitrogens with two attached hydrogens (primary N) is 1. The maximum absolute atomic E-state index is 11.9. The molecule has 0 radical (unpaired) electrons. The minimum atomic E-state index is 0. The third-order valence-electron chi connectivity index (χ3n) is 3.38. The van der Waals surface area contributed by atoms with Crippen LogP contribution in [-0.2, 0) is 0 Å². The molecule has 0 spiro atoms. The second-order valence-corrected chi connectivity index (χ2v) is 4.72. The Morgan fingerprint density at radius 1 is 1.22 bits per heavy atom. The first-order valence-corrected chi connectivity index (χ1v) is 6.32. The highest BCUT2D eigenvalue weighted by atomic mass is 35.5. The molecule has 0 aromatic heterocycles. The van der Waals surface area contributed by atoms with E-state index in [0.29, 0.717) is 12.5 Å². The van der Waals surface area contributed by atoms with Crippen LogP contribution in [0.25, 0.3) is 0 Å². The van der Waals surface area contributed by atoms with Crippen LogP contribution in [0.1, 0.15) is 29.6 Å². The lowest BCUT2D eigenvalue weighted by Gasteiger charge is -2.29. The minimum absolute atomic E-state index is 0. The van der Waals surface area contributed by atoms with Gasteiger partial charge in [0.15, 0.2) is 5.78 Å². The van der Waals surface area contributed by atoms with Crippen LogP contribution in [0.15, 0.2) is 30.3 Å². The molecule has 0 aliphatic carbocycles. The quantitative estimate of drug-likeness (QED) is 0.851. The summed E-state index contributed by atoms with van der Waals surface area (Å²) in [7, 11) is 0. The molecule has 0 unspecified atom stereocenters. The fraction of sp³-hybridized carbons (Fsp3) is 0.500. The van der Waals surface area contributed by atoms with Gasteiger partial charge in [-0.25, -0.2) is 0 Å². The van der Waals surface area contributed by atoms with Crippen LogP contribution in [0.3, 0.4) is 0 Å². The molecule has 2 N–H and O–H groups in total. The molecule has 1 aliphatic heterocycles. The first-order chi connectivity index (χ1) is 8.25. The van der Waals surface area contributed by atoms with Crippen molar-refractivity contribution < 1.29 is 4.79 Å². The van der Waals surface area contributed by atoms with Crippen LogP contribution >= 0.6 is 12.4 Å². The molecule has 1 heterocycles. The average molecular weight is 269 g/mol. The van der Waals surface area contributed by atoms with E-state index < -0.39 is 0 Å². The van der Waals surface area contributed by atoms with Crippen LogP contribution < -0.4 is 5.73 Å². The molecule has 0 atom stereocenters. The third kappa shape index (κ3) is 4.41. The number of likely N-dealkylation sites (tertiary alicyclic amines) is 1. The summed E-state index contributed by atoms with van der Waals surface area (Å²) in [6.07, 6.45) is 2.72. The van der Waals surface area contributed by atoms with Crippen LogP contribution in [0.2, 0.25) is 0 Å². The maximum Gasteiger partial charge on any atom is 0.164 e. The number of rotatable bonds is 4. The lowest BCUT2D eigenvalue weighted by atomic mass is 10.0. The summed E-state index contributed by atoms with van der Waals surface area (Å²) >= 11 is 0. The minimum Gasteiger partial charge on any atom is -0.328 e. The largest absolute Gasteiger partial charge is 0.328 e.